The van der Waals surface area contributed by atoms with Crippen LogP contribution in [0.4, 0.5) is 0 Å². The highest BCUT2D eigenvalue weighted by Crippen LogP contribution is 2.14. The Hall–Kier alpha value is -2.32. The minimum atomic E-state index is -0.159. The summed E-state index contributed by atoms with van der Waals surface area (Å²) in [7, 11) is 0. The largest absolute Gasteiger partial charge is 0.354 e. The van der Waals surface area contributed by atoms with Gasteiger partial charge in [-0.3, -0.25) is 9.59 Å². The molecule has 0 bridgehead atoms. The second-order valence-electron chi connectivity index (χ2n) is 4.99. The molecule has 0 spiro atoms. The van der Waals surface area contributed by atoms with Crippen LogP contribution in [0.25, 0.3) is 0 Å². The molecular weight excluding hydrogens is 266 g/mol. The number of carbonyl (C=O) groups excluding carboxylic acids is 2. The van der Waals surface area contributed by atoms with Crippen molar-refractivity contribution in [3.05, 3.63) is 34.9 Å². The van der Waals surface area contributed by atoms with Gasteiger partial charge in [0.15, 0.2) is 0 Å². The van der Waals surface area contributed by atoms with Gasteiger partial charge in [-0.1, -0.05) is 17.9 Å². The minimum absolute atomic E-state index is 0.0937. The van der Waals surface area contributed by atoms with Crippen LogP contribution in [0.2, 0.25) is 0 Å². The highest BCUT2D eigenvalue weighted by molar-refractivity contribution is 5.98. The SMILES string of the molecule is Cc1ccc(C(=O)N2CCCNC(=O)C2)c(C#CCN)c1. The topological polar surface area (TPSA) is 75.4 Å². The van der Waals surface area contributed by atoms with E-state index in [1.165, 1.54) is 0 Å². The van der Waals surface area contributed by atoms with E-state index in [0.717, 1.165) is 12.0 Å². The van der Waals surface area contributed by atoms with Crippen molar-refractivity contribution in [3.63, 3.8) is 0 Å². The second kappa shape index (κ2) is 6.91. The van der Waals surface area contributed by atoms with Crippen molar-refractivity contribution >= 4 is 11.8 Å². The van der Waals surface area contributed by atoms with Gasteiger partial charge in [-0.25, -0.2) is 0 Å². The van der Waals surface area contributed by atoms with Crippen LogP contribution in [-0.2, 0) is 4.79 Å². The fourth-order valence-electron chi connectivity index (χ4n) is 2.24. The Morgan fingerprint density at radius 1 is 1.48 bits per heavy atom. The normalized spacial score (nSPS) is 14.8. The van der Waals surface area contributed by atoms with Crippen molar-refractivity contribution in [3.8, 4) is 11.8 Å². The highest BCUT2D eigenvalue weighted by atomic mass is 16.2. The summed E-state index contributed by atoms with van der Waals surface area (Å²) >= 11 is 0. The molecule has 1 aromatic carbocycles. The molecule has 0 unspecified atom stereocenters. The standard InChI is InChI=1S/C16H19N3O2/c1-12-5-6-14(13(10-12)4-2-7-17)16(21)19-9-3-8-18-15(20)11-19/h5-6,10H,3,7-9,11,17H2,1H3,(H,18,20). The fourth-order valence-corrected chi connectivity index (χ4v) is 2.24. The maximum atomic E-state index is 12.6. The molecule has 21 heavy (non-hydrogen) atoms. The van der Waals surface area contributed by atoms with E-state index in [2.05, 4.69) is 17.2 Å². The molecule has 1 aliphatic heterocycles. The summed E-state index contributed by atoms with van der Waals surface area (Å²) < 4.78 is 0. The summed E-state index contributed by atoms with van der Waals surface area (Å²) in [6, 6.07) is 5.51. The molecule has 3 N–H and O–H groups in total. The molecule has 1 aliphatic rings. The number of carbonyl (C=O) groups is 2. The van der Waals surface area contributed by atoms with E-state index in [1.807, 2.05) is 19.1 Å². The second-order valence-corrected chi connectivity index (χ2v) is 4.99. The average molecular weight is 285 g/mol. The lowest BCUT2D eigenvalue weighted by atomic mass is 10.0. The zero-order chi connectivity index (χ0) is 15.2. The summed E-state index contributed by atoms with van der Waals surface area (Å²) in [4.78, 5) is 25.8. The van der Waals surface area contributed by atoms with Crippen LogP contribution in [0.1, 0.15) is 27.9 Å². The quantitative estimate of drug-likeness (QED) is 0.727. The van der Waals surface area contributed by atoms with Gasteiger partial charge in [-0.05, 0) is 31.0 Å². The van der Waals surface area contributed by atoms with E-state index in [9.17, 15) is 9.59 Å². The number of amides is 2. The molecule has 0 atom stereocenters. The Balaban J connectivity index is 2.31. The van der Waals surface area contributed by atoms with Crippen LogP contribution < -0.4 is 11.1 Å². The summed E-state index contributed by atoms with van der Waals surface area (Å²) in [5, 5.41) is 2.76. The number of hydrogen-bond donors (Lipinski definition) is 2. The first-order valence-corrected chi connectivity index (χ1v) is 6.97. The molecule has 2 amide bonds. The summed E-state index contributed by atoms with van der Waals surface area (Å²) in [6.45, 7) is 3.46. The number of hydrogen-bond acceptors (Lipinski definition) is 3. The zero-order valence-corrected chi connectivity index (χ0v) is 12.1. The third kappa shape index (κ3) is 3.83. The van der Waals surface area contributed by atoms with Gasteiger partial charge < -0.3 is 16.0 Å². The molecule has 1 fully saturated rings. The van der Waals surface area contributed by atoms with Gasteiger partial charge in [-0.2, -0.15) is 0 Å². The fraction of sp³-hybridized carbons (Fsp3) is 0.375. The van der Waals surface area contributed by atoms with Crippen molar-refractivity contribution in [1.29, 1.82) is 0 Å². The molecule has 5 nitrogen and oxygen atoms in total. The van der Waals surface area contributed by atoms with Gasteiger partial charge in [0.05, 0.1) is 18.7 Å². The molecule has 0 aromatic heterocycles. The van der Waals surface area contributed by atoms with Crippen molar-refractivity contribution < 1.29 is 9.59 Å². The van der Waals surface area contributed by atoms with E-state index in [4.69, 9.17) is 5.73 Å². The van der Waals surface area contributed by atoms with E-state index >= 15 is 0 Å². The van der Waals surface area contributed by atoms with E-state index < -0.39 is 0 Å². The first-order valence-electron chi connectivity index (χ1n) is 6.97. The molecule has 110 valence electrons. The van der Waals surface area contributed by atoms with Crippen molar-refractivity contribution in [2.24, 2.45) is 5.73 Å². The average Bonchev–Trinajstić information content (AvgIpc) is 2.69. The Kier molecular flexibility index (Phi) is 4.96. The third-order valence-electron chi connectivity index (χ3n) is 3.28. The van der Waals surface area contributed by atoms with Gasteiger partial charge in [0.25, 0.3) is 5.91 Å². The van der Waals surface area contributed by atoms with Crippen LogP contribution in [0.3, 0.4) is 0 Å². The van der Waals surface area contributed by atoms with Crippen molar-refractivity contribution in [1.82, 2.24) is 10.2 Å². The van der Waals surface area contributed by atoms with Crippen LogP contribution in [0.5, 0.6) is 0 Å². The number of nitrogens with zero attached hydrogens (tertiary/aromatic N) is 1. The monoisotopic (exact) mass is 285 g/mol. The predicted octanol–water partition coefficient (Wildman–Crippen LogP) is 0.267. The lowest BCUT2D eigenvalue weighted by molar-refractivity contribution is -0.121. The van der Waals surface area contributed by atoms with E-state index in [1.54, 1.807) is 11.0 Å². The number of nitrogens with two attached hydrogens (primary N) is 1. The first-order chi connectivity index (χ1) is 10.1. The molecule has 1 aromatic rings. The van der Waals surface area contributed by atoms with Gasteiger partial charge in [0, 0.05) is 18.7 Å². The molecular formula is C16H19N3O2. The molecule has 0 radical (unpaired) electrons. The summed E-state index contributed by atoms with van der Waals surface area (Å²) in [5.74, 6) is 5.43. The zero-order valence-electron chi connectivity index (χ0n) is 12.1. The van der Waals surface area contributed by atoms with Gasteiger partial charge in [0.1, 0.15) is 0 Å². The number of nitrogens with one attached hydrogen (secondary N) is 1. The number of aryl methyl sites for hydroxylation is 1. The molecule has 0 saturated carbocycles. The maximum Gasteiger partial charge on any atom is 0.255 e. The van der Waals surface area contributed by atoms with E-state index in [-0.39, 0.29) is 24.9 Å². The molecule has 1 heterocycles. The smallest absolute Gasteiger partial charge is 0.255 e. The maximum absolute atomic E-state index is 12.6. The lowest BCUT2D eigenvalue weighted by Gasteiger charge is -2.20. The van der Waals surface area contributed by atoms with Gasteiger partial charge in [0.2, 0.25) is 5.91 Å². The predicted molar refractivity (Wildman–Crippen MR) is 80.6 cm³/mol. The Bertz CT molecular complexity index is 614. The Labute approximate surface area is 124 Å². The van der Waals surface area contributed by atoms with Gasteiger partial charge >= 0.3 is 0 Å². The summed E-state index contributed by atoms with van der Waals surface area (Å²) in [5.41, 5.74) is 7.62. The number of benzene rings is 1. The molecule has 2 rings (SSSR count). The lowest BCUT2D eigenvalue weighted by Crippen LogP contribution is -2.37. The van der Waals surface area contributed by atoms with Crippen molar-refractivity contribution in [2.45, 2.75) is 13.3 Å². The minimum Gasteiger partial charge on any atom is -0.354 e. The van der Waals surface area contributed by atoms with Crippen LogP contribution in [0, 0.1) is 18.8 Å². The van der Waals surface area contributed by atoms with Gasteiger partial charge in [-0.15, -0.1) is 0 Å². The Morgan fingerprint density at radius 2 is 2.29 bits per heavy atom. The first kappa shape index (κ1) is 15.1. The Morgan fingerprint density at radius 3 is 3.05 bits per heavy atom. The summed E-state index contributed by atoms with van der Waals surface area (Å²) in [6.07, 6.45) is 0.757. The van der Waals surface area contributed by atoms with E-state index in [0.29, 0.717) is 24.2 Å². The molecule has 5 heteroatoms. The molecule has 1 saturated heterocycles. The highest BCUT2D eigenvalue weighted by Gasteiger charge is 2.22. The van der Waals surface area contributed by atoms with Crippen LogP contribution >= 0.6 is 0 Å². The molecule has 0 aliphatic carbocycles. The number of rotatable bonds is 1. The van der Waals surface area contributed by atoms with Crippen molar-refractivity contribution in [2.75, 3.05) is 26.2 Å². The van der Waals surface area contributed by atoms with Crippen LogP contribution in [-0.4, -0.2) is 42.9 Å². The van der Waals surface area contributed by atoms with Crippen LogP contribution in [0.15, 0.2) is 18.2 Å². The third-order valence-corrected chi connectivity index (χ3v) is 3.28.